The van der Waals surface area contributed by atoms with E-state index in [1.54, 1.807) is 22.5 Å². The van der Waals surface area contributed by atoms with Gasteiger partial charge in [0.05, 0.1) is 11.3 Å². The maximum atomic E-state index is 13.1. The number of hydrogen-bond acceptors (Lipinski definition) is 3. The molecule has 3 aromatic rings. The highest BCUT2D eigenvalue weighted by atomic mass is 32.2. The topological polar surface area (TPSA) is 82.3 Å². The van der Waals surface area contributed by atoms with Gasteiger partial charge in [-0.15, -0.1) is 0 Å². The summed E-state index contributed by atoms with van der Waals surface area (Å²) < 4.78 is 27.8. The number of benzene rings is 2. The van der Waals surface area contributed by atoms with E-state index in [1.165, 1.54) is 5.56 Å². The van der Waals surface area contributed by atoms with Gasteiger partial charge >= 0.3 is 0 Å². The van der Waals surface area contributed by atoms with Crippen LogP contribution >= 0.6 is 0 Å². The predicted molar refractivity (Wildman–Crippen MR) is 103 cm³/mol. The largest absolute Gasteiger partial charge is 0.361 e. The smallest absolute Gasteiger partial charge is 0.243 e. The van der Waals surface area contributed by atoms with Crippen LogP contribution in [0.15, 0.2) is 53.6 Å². The van der Waals surface area contributed by atoms with E-state index in [9.17, 15) is 13.2 Å². The number of para-hydroxylation sites is 1. The molecule has 0 bridgehead atoms. The summed E-state index contributed by atoms with van der Waals surface area (Å²) in [5.74, 6) is 0.0775. The van der Waals surface area contributed by atoms with Crippen molar-refractivity contribution in [3.05, 3.63) is 59.8 Å². The number of nitrogens with zero attached hydrogens (tertiary/aromatic N) is 1. The monoisotopic (exact) mass is 381 g/mol. The third kappa shape index (κ3) is 2.65. The molecule has 5 rings (SSSR count). The first-order valence-corrected chi connectivity index (χ1v) is 10.5. The van der Waals surface area contributed by atoms with E-state index in [4.69, 9.17) is 0 Å². The lowest BCUT2D eigenvalue weighted by molar-refractivity contribution is -0.115. The third-order valence-corrected chi connectivity index (χ3v) is 7.41. The van der Waals surface area contributed by atoms with Gasteiger partial charge in [-0.3, -0.25) is 4.79 Å². The Bertz CT molecular complexity index is 1170. The zero-order chi connectivity index (χ0) is 18.6. The number of nitrogens with one attached hydrogen (secondary N) is 2. The molecule has 0 radical (unpaired) electrons. The van der Waals surface area contributed by atoms with E-state index < -0.39 is 10.0 Å². The minimum Gasteiger partial charge on any atom is -0.361 e. The van der Waals surface area contributed by atoms with Gasteiger partial charge in [-0.2, -0.15) is 4.31 Å². The molecule has 0 saturated carbocycles. The maximum absolute atomic E-state index is 13.1. The molecule has 6 nitrogen and oxygen atoms in total. The number of aromatic nitrogens is 1. The average Bonchev–Trinajstić information content (AvgIpc) is 3.37. The molecular formula is C20H19N3O3S. The number of H-pyrrole nitrogens is 1. The quantitative estimate of drug-likeness (QED) is 0.732. The Morgan fingerprint density at radius 2 is 1.96 bits per heavy atom. The Hall–Kier alpha value is -2.64. The van der Waals surface area contributed by atoms with Crippen LogP contribution in [0.3, 0.4) is 0 Å². The minimum absolute atomic E-state index is 0.0971. The number of rotatable bonds is 3. The fourth-order valence-corrected chi connectivity index (χ4v) is 5.70. The number of carbonyl (C=O) groups excluding carboxylic acids is 1. The number of fused-ring (bicyclic) bond motifs is 2. The Morgan fingerprint density at radius 1 is 1.11 bits per heavy atom. The van der Waals surface area contributed by atoms with Crippen molar-refractivity contribution in [3.63, 3.8) is 0 Å². The first kappa shape index (κ1) is 16.5. The van der Waals surface area contributed by atoms with E-state index in [0.29, 0.717) is 18.8 Å². The highest BCUT2D eigenvalue weighted by Gasteiger charge is 2.34. The molecule has 7 heteroatoms. The molecular weight excluding hydrogens is 362 g/mol. The molecule has 1 aromatic heterocycles. The molecule has 1 amide bonds. The maximum Gasteiger partial charge on any atom is 0.243 e. The molecule has 0 aliphatic carbocycles. The molecule has 2 N–H and O–H groups in total. The molecule has 1 saturated heterocycles. The van der Waals surface area contributed by atoms with Crippen LogP contribution in [0.25, 0.3) is 10.9 Å². The molecule has 1 atom stereocenters. The van der Waals surface area contributed by atoms with Crippen LogP contribution in [-0.2, 0) is 21.2 Å². The number of carbonyl (C=O) groups is 1. The van der Waals surface area contributed by atoms with Gasteiger partial charge in [0, 0.05) is 41.8 Å². The lowest BCUT2D eigenvalue weighted by atomic mass is 9.98. The van der Waals surface area contributed by atoms with Crippen molar-refractivity contribution in [1.82, 2.24) is 9.29 Å². The molecule has 138 valence electrons. The summed E-state index contributed by atoms with van der Waals surface area (Å²) in [6, 6.07) is 13.0. The second-order valence-corrected chi connectivity index (χ2v) is 9.12. The van der Waals surface area contributed by atoms with Gasteiger partial charge in [-0.05, 0) is 41.8 Å². The molecule has 27 heavy (non-hydrogen) atoms. The number of amides is 1. The zero-order valence-corrected chi connectivity index (χ0v) is 15.4. The van der Waals surface area contributed by atoms with Crippen LogP contribution in [-0.4, -0.2) is 36.7 Å². The van der Waals surface area contributed by atoms with Crippen LogP contribution in [0.1, 0.15) is 23.5 Å². The summed E-state index contributed by atoms with van der Waals surface area (Å²) in [6.45, 7) is 0.971. The molecule has 1 unspecified atom stereocenters. The Morgan fingerprint density at radius 3 is 2.85 bits per heavy atom. The van der Waals surface area contributed by atoms with Crippen molar-refractivity contribution in [2.24, 2.45) is 0 Å². The Labute approximate surface area is 157 Å². The van der Waals surface area contributed by atoms with Gasteiger partial charge in [-0.1, -0.05) is 18.2 Å². The number of sulfonamides is 1. The van der Waals surface area contributed by atoms with Gasteiger partial charge in [0.15, 0.2) is 0 Å². The van der Waals surface area contributed by atoms with Gasteiger partial charge < -0.3 is 10.3 Å². The molecule has 1 fully saturated rings. The predicted octanol–water partition coefficient (Wildman–Crippen LogP) is 2.84. The summed E-state index contributed by atoms with van der Waals surface area (Å²) in [7, 11) is -3.57. The van der Waals surface area contributed by atoms with Crippen LogP contribution in [0.4, 0.5) is 5.69 Å². The van der Waals surface area contributed by atoms with Gasteiger partial charge in [0.25, 0.3) is 0 Å². The van der Waals surface area contributed by atoms with Crippen LogP contribution in [0.2, 0.25) is 0 Å². The summed E-state index contributed by atoms with van der Waals surface area (Å²) in [4.78, 5) is 15.1. The Kier molecular flexibility index (Phi) is 3.63. The minimum atomic E-state index is -3.57. The first-order valence-electron chi connectivity index (χ1n) is 9.01. The summed E-state index contributed by atoms with van der Waals surface area (Å²) in [6.07, 6.45) is 3.03. The molecule has 2 aromatic carbocycles. The van der Waals surface area contributed by atoms with Crippen LogP contribution < -0.4 is 5.32 Å². The summed E-state index contributed by atoms with van der Waals surface area (Å²) in [5, 5.41) is 3.89. The fraction of sp³-hybridized carbons (Fsp3) is 0.250. The molecule has 2 aliphatic rings. The van der Waals surface area contributed by atoms with Crippen molar-refractivity contribution >= 4 is 32.5 Å². The standard InChI is InChI=1S/C20H19N3O3S/c24-20-10-14-9-15(5-6-18(14)22-20)27(25,26)23-8-7-13(12-23)17-11-21-19-4-2-1-3-16(17)19/h1-6,9,11,13,21H,7-8,10,12H2,(H,22,24). The first-order chi connectivity index (χ1) is 13.0. The summed E-state index contributed by atoms with van der Waals surface area (Å²) >= 11 is 0. The number of hydrogen-bond donors (Lipinski definition) is 2. The van der Waals surface area contributed by atoms with Crippen LogP contribution in [0.5, 0.6) is 0 Å². The van der Waals surface area contributed by atoms with Crippen molar-refractivity contribution in [2.45, 2.75) is 23.7 Å². The number of aromatic amines is 1. The highest BCUT2D eigenvalue weighted by molar-refractivity contribution is 7.89. The lowest BCUT2D eigenvalue weighted by Gasteiger charge is -2.17. The SMILES string of the molecule is O=C1Cc2cc(S(=O)(=O)N3CCC(c4c[nH]c5ccccc45)C3)ccc2N1. The fourth-order valence-electron chi connectivity index (χ4n) is 4.15. The van der Waals surface area contributed by atoms with Gasteiger partial charge in [-0.25, -0.2) is 8.42 Å². The van der Waals surface area contributed by atoms with E-state index in [-0.39, 0.29) is 23.1 Å². The van der Waals surface area contributed by atoms with Crippen molar-refractivity contribution in [1.29, 1.82) is 0 Å². The third-order valence-electron chi connectivity index (χ3n) is 5.55. The van der Waals surface area contributed by atoms with Crippen LogP contribution in [0, 0.1) is 0 Å². The van der Waals surface area contributed by atoms with E-state index in [1.807, 2.05) is 24.4 Å². The summed E-state index contributed by atoms with van der Waals surface area (Å²) in [5.41, 5.74) is 3.70. The Balaban J connectivity index is 1.42. The second kappa shape index (κ2) is 5.94. The lowest BCUT2D eigenvalue weighted by Crippen LogP contribution is -2.28. The molecule has 0 spiro atoms. The normalized spacial score (nSPS) is 20.1. The van der Waals surface area contributed by atoms with E-state index in [2.05, 4.69) is 16.4 Å². The average molecular weight is 381 g/mol. The molecule has 3 heterocycles. The zero-order valence-electron chi connectivity index (χ0n) is 14.6. The van der Waals surface area contributed by atoms with Gasteiger partial charge in [0.1, 0.15) is 0 Å². The number of anilines is 1. The van der Waals surface area contributed by atoms with E-state index in [0.717, 1.165) is 22.9 Å². The highest BCUT2D eigenvalue weighted by Crippen LogP contribution is 2.35. The van der Waals surface area contributed by atoms with E-state index >= 15 is 0 Å². The van der Waals surface area contributed by atoms with Crippen molar-refractivity contribution in [3.8, 4) is 0 Å². The second-order valence-electron chi connectivity index (χ2n) is 7.18. The van der Waals surface area contributed by atoms with Crippen molar-refractivity contribution in [2.75, 3.05) is 18.4 Å². The van der Waals surface area contributed by atoms with Crippen molar-refractivity contribution < 1.29 is 13.2 Å². The molecule has 2 aliphatic heterocycles. The van der Waals surface area contributed by atoms with Gasteiger partial charge in [0.2, 0.25) is 15.9 Å².